The molecule has 0 saturated heterocycles. The Kier molecular flexibility index (Phi) is 6.88. The minimum absolute atomic E-state index is 0.0325. The maximum atomic E-state index is 13.5. The molecule has 10 nitrogen and oxygen atoms in total. The normalized spacial score (nSPS) is 12.2. The molecule has 0 atom stereocenters. The number of hydrogen-bond donors (Lipinski definition) is 3. The predicted octanol–water partition coefficient (Wildman–Crippen LogP) is 4.54. The van der Waals surface area contributed by atoms with Gasteiger partial charge in [-0.25, -0.2) is 9.59 Å². The molecule has 3 aromatic carbocycles. The van der Waals surface area contributed by atoms with Crippen LogP contribution in [0.15, 0.2) is 85.9 Å². The van der Waals surface area contributed by atoms with Crippen LogP contribution in [-0.2, 0) is 12.4 Å². The lowest BCUT2D eigenvalue weighted by molar-refractivity contribution is -0.138. The molecule has 3 heterocycles. The van der Waals surface area contributed by atoms with E-state index in [0.29, 0.717) is 24.3 Å². The van der Waals surface area contributed by atoms with Crippen LogP contribution in [0.2, 0.25) is 0 Å². The zero-order chi connectivity index (χ0) is 33.3. The number of amides is 1. The van der Waals surface area contributed by atoms with Gasteiger partial charge in [0.15, 0.2) is 0 Å². The molecular weight excluding hydrogens is 644 g/mol. The molecule has 1 amide bonds. The van der Waals surface area contributed by atoms with Gasteiger partial charge < -0.3 is 5.73 Å². The Morgan fingerprint density at radius 3 is 1.74 bits per heavy atom. The first kappa shape index (κ1) is 30.3. The predicted molar refractivity (Wildman–Crippen MR) is 156 cm³/mol. The summed E-state index contributed by atoms with van der Waals surface area (Å²) in [6.45, 7) is 0. The number of thiophene rings is 1. The number of hydrogen-bond acceptors (Lipinski definition) is 6. The number of rotatable bonds is 4. The standard InChI is InChI=1S/C29H15F6N5O5S/c30-28(31,32)13-4-6-16-19(9-13)39(26(44)37-24(16)42)15-3-1-2-12(8-15)22-18(23(36)41)11-21(46-22)40-20-10-14(29(33,34)35)5-7-17(20)25(43)38-27(40)45/h1-11H,(H2,36,41)(H,37,42,44)(H,38,43,45). The van der Waals surface area contributed by atoms with Crippen molar-refractivity contribution in [3.63, 3.8) is 0 Å². The summed E-state index contributed by atoms with van der Waals surface area (Å²) >= 11 is 0.727. The Hall–Kier alpha value is -5.71. The van der Waals surface area contributed by atoms with Crippen molar-refractivity contribution in [1.82, 2.24) is 19.1 Å². The molecule has 0 aliphatic heterocycles. The number of nitrogens with two attached hydrogens (primary N) is 1. The molecule has 3 aromatic heterocycles. The summed E-state index contributed by atoms with van der Waals surface area (Å²) in [5.41, 5.74) is -1.57. The number of primary amides is 1. The Morgan fingerprint density at radius 2 is 1.22 bits per heavy atom. The van der Waals surface area contributed by atoms with Gasteiger partial charge in [0.1, 0.15) is 5.00 Å². The van der Waals surface area contributed by atoms with E-state index in [1.54, 1.807) is 0 Å². The number of carbonyl (C=O) groups is 1. The molecule has 0 unspecified atom stereocenters. The highest BCUT2D eigenvalue weighted by atomic mass is 32.1. The van der Waals surface area contributed by atoms with Gasteiger partial charge in [-0.1, -0.05) is 12.1 Å². The van der Waals surface area contributed by atoms with Gasteiger partial charge in [0.25, 0.3) is 11.1 Å². The second-order valence-corrected chi connectivity index (χ2v) is 10.9. The molecular formula is C29H15F6N5O5S. The van der Waals surface area contributed by atoms with Crippen molar-refractivity contribution in [3.8, 4) is 21.1 Å². The highest BCUT2D eigenvalue weighted by Gasteiger charge is 2.32. The first-order valence-corrected chi connectivity index (χ1v) is 13.6. The summed E-state index contributed by atoms with van der Waals surface area (Å²) in [4.78, 5) is 67.3. The molecule has 0 aliphatic carbocycles. The van der Waals surface area contributed by atoms with Gasteiger partial charge in [-0.15, -0.1) is 11.3 Å². The van der Waals surface area contributed by atoms with Crippen LogP contribution in [0.25, 0.3) is 42.9 Å². The lowest BCUT2D eigenvalue weighted by Crippen LogP contribution is -2.29. The van der Waals surface area contributed by atoms with E-state index in [1.165, 1.54) is 24.3 Å². The number of nitrogens with zero attached hydrogens (tertiary/aromatic N) is 2. The molecule has 4 N–H and O–H groups in total. The molecule has 234 valence electrons. The average Bonchev–Trinajstić information content (AvgIpc) is 3.41. The van der Waals surface area contributed by atoms with Crippen LogP contribution in [0.4, 0.5) is 26.3 Å². The fourth-order valence-electron chi connectivity index (χ4n) is 4.98. The van der Waals surface area contributed by atoms with E-state index < -0.39 is 57.4 Å². The molecule has 6 aromatic rings. The smallest absolute Gasteiger partial charge is 0.366 e. The summed E-state index contributed by atoms with van der Waals surface area (Å²) in [6.07, 6.45) is -9.62. The first-order valence-electron chi connectivity index (χ1n) is 12.8. The number of aromatic nitrogens is 4. The SMILES string of the molecule is NC(=O)c1cc(-n2c(=O)[nH]c(=O)c3ccc(C(F)(F)F)cc32)sc1-c1cccc(-n2c(=O)[nH]c(=O)c3ccc(C(F)(F)F)cc32)c1. The van der Waals surface area contributed by atoms with Gasteiger partial charge in [0.05, 0.1) is 44.2 Å². The molecule has 6 rings (SSSR count). The zero-order valence-electron chi connectivity index (χ0n) is 22.5. The van der Waals surface area contributed by atoms with Crippen molar-refractivity contribution in [2.24, 2.45) is 5.73 Å². The lowest BCUT2D eigenvalue weighted by Gasteiger charge is -2.13. The van der Waals surface area contributed by atoms with Gasteiger partial charge in [-0.2, -0.15) is 26.3 Å². The quantitative estimate of drug-likeness (QED) is 0.238. The summed E-state index contributed by atoms with van der Waals surface area (Å²) in [6, 6.07) is 11.0. The number of aromatic amines is 2. The maximum absolute atomic E-state index is 13.5. The third kappa shape index (κ3) is 5.09. The van der Waals surface area contributed by atoms with Crippen molar-refractivity contribution < 1.29 is 31.1 Å². The highest BCUT2D eigenvalue weighted by molar-refractivity contribution is 7.18. The fraction of sp³-hybridized carbons (Fsp3) is 0.0690. The minimum Gasteiger partial charge on any atom is -0.366 e. The highest BCUT2D eigenvalue weighted by Crippen LogP contribution is 2.37. The minimum atomic E-state index is -4.82. The first-order chi connectivity index (χ1) is 21.5. The van der Waals surface area contributed by atoms with Crippen molar-refractivity contribution in [3.05, 3.63) is 125 Å². The third-order valence-corrected chi connectivity index (χ3v) is 8.21. The number of nitrogens with one attached hydrogen (secondary N) is 2. The maximum Gasteiger partial charge on any atom is 0.416 e. The molecule has 0 saturated carbocycles. The topological polar surface area (TPSA) is 153 Å². The lowest BCUT2D eigenvalue weighted by atomic mass is 10.1. The van der Waals surface area contributed by atoms with Crippen molar-refractivity contribution in [2.75, 3.05) is 0 Å². The number of halogens is 6. The van der Waals surface area contributed by atoms with E-state index in [0.717, 1.165) is 38.7 Å². The molecule has 0 spiro atoms. The second kappa shape index (κ2) is 10.4. The van der Waals surface area contributed by atoms with Crippen molar-refractivity contribution in [2.45, 2.75) is 12.4 Å². The van der Waals surface area contributed by atoms with Crippen molar-refractivity contribution >= 4 is 39.0 Å². The van der Waals surface area contributed by atoms with Gasteiger partial charge in [-0.3, -0.25) is 33.5 Å². The van der Waals surface area contributed by atoms with E-state index >= 15 is 0 Å². The monoisotopic (exact) mass is 659 g/mol. The van der Waals surface area contributed by atoms with E-state index in [4.69, 9.17) is 5.73 Å². The van der Waals surface area contributed by atoms with E-state index in [1.807, 2.05) is 9.97 Å². The Bertz CT molecular complexity index is 2490. The van der Waals surface area contributed by atoms with Crippen LogP contribution < -0.4 is 28.2 Å². The number of fused-ring (bicyclic) bond motifs is 2. The summed E-state index contributed by atoms with van der Waals surface area (Å²) in [5, 5.41) is -0.592. The molecule has 0 bridgehead atoms. The van der Waals surface area contributed by atoms with E-state index in [9.17, 15) is 50.3 Å². The molecule has 46 heavy (non-hydrogen) atoms. The van der Waals surface area contributed by atoms with Crippen LogP contribution in [0, 0.1) is 0 Å². The Morgan fingerprint density at radius 1 is 0.696 bits per heavy atom. The third-order valence-electron chi connectivity index (χ3n) is 7.04. The molecule has 0 radical (unpaired) electrons. The van der Waals surface area contributed by atoms with Crippen LogP contribution in [-0.4, -0.2) is 25.0 Å². The van der Waals surface area contributed by atoms with E-state index in [-0.39, 0.29) is 43.0 Å². The van der Waals surface area contributed by atoms with Gasteiger partial charge in [-0.05, 0) is 60.2 Å². The summed E-state index contributed by atoms with van der Waals surface area (Å²) in [7, 11) is 0. The Balaban J connectivity index is 1.59. The van der Waals surface area contributed by atoms with E-state index in [2.05, 4.69) is 0 Å². The molecule has 17 heteroatoms. The number of alkyl halides is 6. The van der Waals surface area contributed by atoms with Crippen LogP contribution in [0.3, 0.4) is 0 Å². The largest absolute Gasteiger partial charge is 0.416 e. The van der Waals surface area contributed by atoms with Gasteiger partial charge in [0.2, 0.25) is 5.91 Å². The number of carbonyl (C=O) groups excluding carboxylic acids is 1. The van der Waals surface area contributed by atoms with Crippen molar-refractivity contribution in [1.29, 1.82) is 0 Å². The van der Waals surface area contributed by atoms with Crippen LogP contribution >= 0.6 is 11.3 Å². The zero-order valence-corrected chi connectivity index (χ0v) is 23.4. The van der Waals surface area contributed by atoms with Crippen LogP contribution in [0.5, 0.6) is 0 Å². The fourth-order valence-corrected chi connectivity index (χ4v) is 6.15. The Labute approximate surface area is 253 Å². The number of benzene rings is 3. The summed E-state index contributed by atoms with van der Waals surface area (Å²) in [5.74, 6) is -1.01. The second-order valence-electron chi connectivity index (χ2n) is 9.89. The number of H-pyrrole nitrogens is 2. The van der Waals surface area contributed by atoms with Crippen LogP contribution in [0.1, 0.15) is 21.5 Å². The van der Waals surface area contributed by atoms with Gasteiger partial charge in [0, 0.05) is 4.88 Å². The molecule has 0 aliphatic rings. The summed E-state index contributed by atoms with van der Waals surface area (Å²) < 4.78 is 82.7. The average molecular weight is 660 g/mol. The van der Waals surface area contributed by atoms with Gasteiger partial charge >= 0.3 is 23.7 Å². The molecule has 0 fully saturated rings.